The topological polar surface area (TPSA) is 147 Å². The van der Waals surface area contributed by atoms with Crippen LogP contribution in [0.2, 0.25) is 0 Å². The summed E-state index contributed by atoms with van der Waals surface area (Å²) in [5.41, 5.74) is 4.38. The Balaban J connectivity index is 1.08. The molecule has 1 heterocycles. The molecule has 13 heteroatoms. The monoisotopic (exact) mass is 782 g/mol. The van der Waals surface area contributed by atoms with Crippen molar-refractivity contribution in [1.29, 1.82) is 0 Å². The Morgan fingerprint density at radius 1 is 0.737 bits per heavy atom. The summed E-state index contributed by atoms with van der Waals surface area (Å²) in [7, 11) is 3.32. The van der Waals surface area contributed by atoms with Gasteiger partial charge in [0.2, 0.25) is 0 Å². The Labute approximate surface area is 332 Å². The maximum Gasteiger partial charge on any atom is 0.508 e. The van der Waals surface area contributed by atoms with E-state index in [-0.39, 0.29) is 43.2 Å². The van der Waals surface area contributed by atoms with E-state index in [1.807, 2.05) is 72.8 Å². The van der Waals surface area contributed by atoms with E-state index in [1.165, 1.54) is 0 Å². The van der Waals surface area contributed by atoms with Crippen LogP contribution in [0.1, 0.15) is 40.2 Å². The largest absolute Gasteiger partial charge is 0.508 e. The van der Waals surface area contributed by atoms with Crippen molar-refractivity contribution < 1.29 is 53.2 Å². The molecule has 0 spiro atoms. The van der Waals surface area contributed by atoms with E-state index in [0.29, 0.717) is 50.6 Å². The molecule has 1 fully saturated rings. The number of hydrogen-bond acceptors (Lipinski definition) is 13. The van der Waals surface area contributed by atoms with Gasteiger partial charge in [-0.05, 0) is 58.0 Å². The van der Waals surface area contributed by atoms with Crippen LogP contribution in [0.4, 0.5) is 4.79 Å². The molecule has 3 atom stereocenters. The van der Waals surface area contributed by atoms with Crippen LogP contribution in [0.3, 0.4) is 0 Å². The summed E-state index contributed by atoms with van der Waals surface area (Å²) in [6.45, 7) is 3.08. The van der Waals surface area contributed by atoms with Crippen LogP contribution in [0, 0.1) is 5.92 Å². The summed E-state index contributed by atoms with van der Waals surface area (Å²) in [5, 5.41) is 22.9. The Morgan fingerprint density at radius 3 is 2.32 bits per heavy atom. The van der Waals surface area contributed by atoms with Crippen LogP contribution in [-0.4, -0.2) is 75.2 Å². The van der Waals surface area contributed by atoms with Crippen molar-refractivity contribution in [1.82, 2.24) is 10.7 Å². The molecule has 0 radical (unpaired) electrons. The van der Waals surface area contributed by atoms with Gasteiger partial charge in [0, 0.05) is 42.3 Å². The number of nitrogens with one attached hydrogen (secondary N) is 1. The van der Waals surface area contributed by atoms with Gasteiger partial charge < -0.3 is 38.5 Å². The van der Waals surface area contributed by atoms with Crippen molar-refractivity contribution in [2.24, 2.45) is 5.92 Å². The fraction of sp³-hybridized carbons (Fsp3) is 0.341. The molecule has 1 saturated heterocycles. The highest BCUT2D eigenvalue weighted by Crippen LogP contribution is 2.35. The second kappa shape index (κ2) is 21.3. The number of methoxy groups -OCH3 is 2. The van der Waals surface area contributed by atoms with Gasteiger partial charge >= 0.3 is 6.16 Å². The minimum atomic E-state index is -0.797. The third-order valence-corrected chi connectivity index (χ3v) is 9.75. The first kappa shape index (κ1) is 41.4. The van der Waals surface area contributed by atoms with Crippen LogP contribution in [0.15, 0.2) is 109 Å². The molecule has 5 aromatic rings. The van der Waals surface area contributed by atoms with Crippen molar-refractivity contribution in [3.8, 4) is 17.2 Å². The van der Waals surface area contributed by atoms with E-state index in [2.05, 4.69) is 22.3 Å². The maximum absolute atomic E-state index is 12.8. The average Bonchev–Trinajstić information content (AvgIpc) is 3.24. The van der Waals surface area contributed by atoms with Gasteiger partial charge in [0.15, 0.2) is 0 Å². The Bertz CT molecular complexity index is 2010. The Kier molecular flexibility index (Phi) is 15.5. The summed E-state index contributed by atoms with van der Waals surface area (Å²) < 4.78 is 40.8. The molecule has 13 nitrogen and oxygen atoms in total. The first-order valence-electron chi connectivity index (χ1n) is 18.9. The zero-order valence-electron chi connectivity index (χ0n) is 32.2. The number of carbonyl (C=O) groups excluding carboxylic acids is 1. The summed E-state index contributed by atoms with van der Waals surface area (Å²) in [4.78, 5) is 17.5. The summed E-state index contributed by atoms with van der Waals surface area (Å²) in [6, 6.07) is 35.1. The molecular weight excluding hydrogens is 732 g/mol. The van der Waals surface area contributed by atoms with Gasteiger partial charge in [-0.3, -0.25) is 10.4 Å². The van der Waals surface area contributed by atoms with E-state index in [1.54, 1.807) is 38.5 Å². The van der Waals surface area contributed by atoms with E-state index in [9.17, 15) is 4.79 Å². The number of benzene rings is 5. The number of rotatable bonds is 20. The fourth-order valence-electron chi connectivity index (χ4n) is 7.01. The minimum Gasteiger partial charge on any atom is -0.496 e. The summed E-state index contributed by atoms with van der Waals surface area (Å²) in [5.74, 6) is 2.10. The molecule has 302 valence electrons. The number of nitrogens with zero attached hydrogens (tertiary/aromatic N) is 1. The number of ether oxygens (including phenoxy) is 7. The van der Waals surface area contributed by atoms with Gasteiger partial charge in [0.05, 0.1) is 65.4 Å². The van der Waals surface area contributed by atoms with E-state index < -0.39 is 6.16 Å². The molecular formula is C44H50N2O11. The Morgan fingerprint density at radius 2 is 1.51 bits per heavy atom. The number of hydrogen-bond donors (Lipinski definition) is 3. The standard InChI is InChI=1S/C44H50N2O11/c1-50-40-14-6-4-12-36(40)29-52-19-8-20-53-38-17-15-34(16-18-38)43-37(30-56-44(47)55-26-31-9-7-10-32(21-31)28-57-46(48)49)24-45-25-42(43)54-27-33-22-35-11-3-5-13-39(35)41(23-33)51-2/h3-7,9-18,21-23,37,42-43,45,48-49H,8,19-20,24-30H2,1-2H3. The van der Waals surface area contributed by atoms with Gasteiger partial charge in [-0.15, -0.1) is 0 Å². The lowest BCUT2D eigenvalue weighted by molar-refractivity contribution is -0.497. The first-order chi connectivity index (χ1) is 27.9. The van der Waals surface area contributed by atoms with Crippen LogP contribution < -0.4 is 19.5 Å². The predicted molar refractivity (Wildman–Crippen MR) is 210 cm³/mol. The summed E-state index contributed by atoms with van der Waals surface area (Å²) >= 11 is 0. The van der Waals surface area contributed by atoms with Crippen molar-refractivity contribution in [2.75, 3.05) is 47.1 Å². The van der Waals surface area contributed by atoms with Gasteiger partial charge in [0.25, 0.3) is 0 Å². The predicted octanol–water partition coefficient (Wildman–Crippen LogP) is 7.60. The van der Waals surface area contributed by atoms with Crippen LogP contribution in [-0.2, 0) is 50.2 Å². The number of para-hydroxylation sites is 1. The molecule has 1 aliphatic heterocycles. The third kappa shape index (κ3) is 12.1. The first-order valence-corrected chi connectivity index (χ1v) is 18.9. The number of carbonyl (C=O) groups is 1. The number of piperidine rings is 1. The third-order valence-electron chi connectivity index (χ3n) is 9.75. The molecule has 3 N–H and O–H groups in total. The maximum atomic E-state index is 12.8. The second-order valence-corrected chi connectivity index (χ2v) is 13.6. The molecule has 57 heavy (non-hydrogen) atoms. The number of fused-ring (bicyclic) bond motifs is 1. The smallest absolute Gasteiger partial charge is 0.496 e. The second-order valence-electron chi connectivity index (χ2n) is 13.6. The van der Waals surface area contributed by atoms with Crippen LogP contribution in [0.25, 0.3) is 10.8 Å². The highest BCUT2D eigenvalue weighted by molar-refractivity contribution is 5.89. The molecule has 0 aliphatic carbocycles. The van der Waals surface area contributed by atoms with E-state index in [4.69, 9.17) is 43.6 Å². The van der Waals surface area contributed by atoms with Crippen molar-refractivity contribution in [3.05, 3.63) is 137 Å². The van der Waals surface area contributed by atoms with Crippen LogP contribution >= 0.6 is 0 Å². The minimum absolute atomic E-state index is 0.0305. The van der Waals surface area contributed by atoms with Gasteiger partial charge in [0.1, 0.15) is 23.9 Å². The SMILES string of the molecule is COc1ccccc1COCCCOc1ccc(C2C(COC(=O)OCc3cccc(CON(O)O)c3)CNCC2OCc2cc(OC)c3ccccc3c2)cc1. The van der Waals surface area contributed by atoms with E-state index in [0.717, 1.165) is 51.1 Å². The van der Waals surface area contributed by atoms with Gasteiger partial charge in [-0.25, -0.2) is 9.63 Å². The normalized spacial score (nSPS) is 16.7. The molecule has 0 saturated carbocycles. The Hall–Kier alpha value is -5.25. The van der Waals surface area contributed by atoms with Crippen molar-refractivity contribution >= 4 is 16.9 Å². The average molecular weight is 783 g/mol. The zero-order valence-corrected chi connectivity index (χ0v) is 32.2. The van der Waals surface area contributed by atoms with Crippen molar-refractivity contribution in [2.45, 2.75) is 44.9 Å². The zero-order chi connectivity index (χ0) is 39.8. The van der Waals surface area contributed by atoms with Gasteiger partial charge in [-0.1, -0.05) is 78.9 Å². The quantitative estimate of drug-likeness (QED) is 0.0405. The lowest BCUT2D eigenvalue weighted by Crippen LogP contribution is -2.48. The highest BCUT2D eigenvalue weighted by atomic mass is 17.1. The van der Waals surface area contributed by atoms with Gasteiger partial charge in [-0.2, -0.15) is 0 Å². The lowest BCUT2D eigenvalue weighted by Gasteiger charge is -2.38. The highest BCUT2D eigenvalue weighted by Gasteiger charge is 2.36. The van der Waals surface area contributed by atoms with E-state index >= 15 is 0 Å². The summed E-state index contributed by atoms with van der Waals surface area (Å²) in [6.07, 6.45) is -0.316. The molecule has 0 amide bonds. The lowest BCUT2D eigenvalue weighted by atomic mass is 9.79. The molecule has 0 aromatic heterocycles. The molecule has 3 unspecified atom stereocenters. The molecule has 5 aromatic carbocycles. The fourth-order valence-corrected chi connectivity index (χ4v) is 7.01. The molecule has 6 rings (SSSR count). The molecule has 0 bridgehead atoms. The van der Waals surface area contributed by atoms with Crippen molar-refractivity contribution in [3.63, 3.8) is 0 Å². The molecule has 1 aliphatic rings. The van der Waals surface area contributed by atoms with Crippen LogP contribution in [0.5, 0.6) is 17.2 Å².